The molecule has 0 aliphatic carbocycles. The molecule has 2 rings (SSSR count). The number of hydrogen-bond donors (Lipinski definition) is 0. The molecule has 1 aromatic heterocycles. The van der Waals surface area contributed by atoms with E-state index in [1.807, 2.05) is 0 Å². The van der Waals surface area contributed by atoms with Gasteiger partial charge >= 0.3 is 0 Å². The largest absolute Gasteiger partial charge is 0.236 e. The number of rotatable bonds is 3. The maximum Gasteiger partial charge on any atom is 0.236 e. The first-order valence-corrected chi connectivity index (χ1v) is 6.90. The smallest absolute Gasteiger partial charge is 0.221 e. The predicted molar refractivity (Wildman–Crippen MR) is 59.8 cm³/mol. The molecule has 2 aromatic rings. The third kappa shape index (κ3) is 2.80. The van der Waals surface area contributed by atoms with E-state index in [1.54, 1.807) is 41.3 Å². The van der Waals surface area contributed by atoms with Gasteiger partial charge in [-0.05, 0) is 17.7 Å². The fourth-order valence-corrected chi connectivity index (χ4v) is 2.26. The molecule has 5 nitrogen and oxygen atoms in total. The van der Waals surface area contributed by atoms with Gasteiger partial charge in [0.05, 0.1) is 23.8 Å². The molecule has 7 heteroatoms. The lowest BCUT2D eigenvalue weighted by atomic mass is 10.2. The molecule has 1 heterocycles. The highest BCUT2D eigenvalue weighted by atomic mass is 35.7. The summed E-state index contributed by atoms with van der Waals surface area (Å²) in [5.41, 5.74) is 1.45. The quantitative estimate of drug-likeness (QED) is 0.779. The number of benzene rings is 1. The minimum Gasteiger partial charge on any atom is -0.221 e. The van der Waals surface area contributed by atoms with Crippen LogP contribution in [0, 0.1) is 0 Å². The van der Waals surface area contributed by atoms with Gasteiger partial charge in [0, 0.05) is 10.7 Å². The van der Waals surface area contributed by atoms with Crippen molar-refractivity contribution in [2.45, 2.75) is 5.75 Å². The predicted octanol–water partition coefficient (Wildman–Crippen LogP) is 1.34. The summed E-state index contributed by atoms with van der Waals surface area (Å²) in [6.07, 6.45) is 3.27. The van der Waals surface area contributed by atoms with Crippen molar-refractivity contribution in [2.75, 3.05) is 0 Å². The average Bonchev–Trinajstić information content (AvgIpc) is 2.69. The Bertz CT molecular complexity index is 563. The third-order valence-corrected chi connectivity index (χ3v) is 2.97. The number of aromatic nitrogens is 3. The van der Waals surface area contributed by atoms with Crippen molar-refractivity contribution in [3.63, 3.8) is 0 Å². The molecule has 0 aliphatic heterocycles. The summed E-state index contributed by atoms with van der Waals surface area (Å²) in [5.74, 6) is -0.174. The van der Waals surface area contributed by atoms with E-state index in [1.165, 1.54) is 0 Å². The summed E-state index contributed by atoms with van der Waals surface area (Å²) < 4.78 is 23.3. The molecule has 84 valence electrons. The highest BCUT2D eigenvalue weighted by molar-refractivity contribution is 8.13. The van der Waals surface area contributed by atoms with E-state index in [2.05, 4.69) is 10.3 Å². The van der Waals surface area contributed by atoms with Gasteiger partial charge in [-0.3, -0.25) is 0 Å². The second-order valence-electron chi connectivity index (χ2n) is 3.20. The molecule has 0 atom stereocenters. The Labute approximate surface area is 97.1 Å². The summed E-state index contributed by atoms with van der Waals surface area (Å²) in [6, 6.07) is 6.89. The summed E-state index contributed by atoms with van der Waals surface area (Å²) in [6.45, 7) is 0. The van der Waals surface area contributed by atoms with Crippen LogP contribution < -0.4 is 0 Å². The van der Waals surface area contributed by atoms with E-state index in [4.69, 9.17) is 10.7 Å². The molecule has 0 saturated carbocycles. The molecule has 0 aliphatic rings. The summed E-state index contributed by atoms with van der Waals surface area (Å²) in [7, 11) is 1.65. The maximum absolute atomic E-state index is 10.9. The molecule has 0 amide bonds. The van der Waals surface area contributed by atoms with Crippen molar-refractivity contribution in [1.29, 1.82) is 0 Å². The minimum atomic E-state index is -3.51. The van der Waals surface area contributed by atoms with Gasteiger partial charge in [0.1, 0.15) is 0 Å². The second kappa shape index (κ2) is 4.23. The Hall–Kier alpha value is -1.40. The Kier molecular flexibility index (Phi) is 2.93. The summed E-state index contributed by atoms with van der Waals surface area (Å²) in [5, 5.41) is 7.49. The van der Waals surface area contributed by atoms with Crippen molar-refractivity contribution in [3.05, 3.63) is 42.2 Å². The fourth-order valence-electron chi connectivity index (χ4n) is 1.29. The lowest BCUT2D eigenvalue weighted by Gasteiger charge is -2.01. The molecule has 0 radical (unpaired) electrons. The van der Waals surface area contributed by atoms with Gasteiger partial charge in [0.15, 0.2) is 0 Å². The van der Waals surface area contributed by atoms with Crippen molar-refractivity contribution in [2.24, 2.45) is 0 Å². The van der Waals surface area contributed by atoms with Gasteiger partial charge in [-0.2, -0.15) is 0 Å². The summed E-state index contributed by atoms with van der Waals surface area (Å²) >= 11 is 0. The van der Waals surface area contributed by atoms with Gasteiger partial charge in [-0.15, -0.1) is 5.10 Å². The topological polar surface area (TPSA) is 64.8 Å². The Morgan fingerprint density at radius 3 is 2.44 bits per heavy atom. The Morgan fingerprint density at radius 1 is 1.25 bits per heavy atom. The second-order valence-corrected chi connectivity index (χ2v) is 5.97. The lowest BCUT2D eigenvalue weighted by molar-refractivity contribution is 0.609. The van der Waals surface area contributed by atoms with E-state index >= 15 is 0 Å². The highest BCUT2D eigenvalue weighted by Crippen LogP contribution is 2.12. The van der Waals surface area contributed by atoms with Crippen LogP contribution in [0.1, 0.15) is 5.56 Å². The Morgan fingerprint density at radius 2 is 1.94 bits per heavy atom. The summed E-state index contributed by atoms with van der Waals surface area (Å²) in [4.78, 5) is 0. The van der Waals surface area contributed by atoms with Gasteiger partial charge in [-0.25, -0.2) is 13.1 Å². The van der Waals surface area contributed by atoms with Gasteiger partial charge in [-0.1, -0.05) is 17.3 Å². The number of nitrogens with zero attached hydrogens (tertiary/aromatic N) is 3. The average molecular weight is 258 g/mol. The van der Waals surface area contributed by atoms with Crippen LogP contribution in [0.25, 0.3) is 5.69 Å². The number of halogens is 1. The molecule has 0 unspecified atom stereocenters. The molecule has 0 spiro atoms. The fraction of sp³-hybridized carbons (Fsp3) is 0.111. The van der Waals surface area contributed by atoms with Gasteiger partial charge in [0.2, 0.25) is 9.05 Å². The Balaban J connectivity index is 2.24. The molecule has 1 aromatic carbocycles. The van der Waals surface area contributed by atoms with Crippen LogP contribution in [-0.2, 0) is 14.8 Å². The highest BCUT2D eigenvalue weighted by Gasteiger charge is 2.07. The molecule has 0 N–H and O–H groups in total. The van der Waals surface area contributed by atoms with Crippen LogP contribution in [0.2, 0.25) is 0 Å². The van der Waals surface area contributed by atoms with Crippen LogP contribution in [0.15, 0.2) is 36.7 Å². The van der Waals surface area contributed by atoms with Crippen molar-refractivity contribution < 1.29 is 8.42 Å². The zero-order chi connectivity index (χ0) is 11.6. The molecular weight excluding hydrogens is 250 g/mol. The van der Waals surface area contributed by atoms with Crippen molar-refractivity contribution in [3.8, 4) is 5.69 Å². The first-order chi connectivity index (χ1) is 7.54. The zero-order valence-electron chi connectivity index (χ0n) is 8.12. The van der Waals surface area contributed by atoms with Gasteiger partial charge < -0.3 is 0 Å². The molecule has 16 heavy (non-hydrogen) atoms. The number of hydrogen-bond acceptors (Lipinski definition) is 4. The standard InChI is InChI=1S/C9H8ClN3O2S/c10-16(14,15)7-8-1-3-9(4-2-8)13-6-5-11-12-13/h1-6H,7H2. The van der Waals surface area contributed by atoms with Crippen molar-refractivity contribution in [1.82, 2.24) is 15.0 Å². The van der Waals surface area contributed by atoms with Crippen LogP contribution >= 0.6 is 10.7 Å². The van der Waals surface area contributed by atoms with Gasteiger partial charge in [0.25, 0.3) is 0 Å². The zero-order valence-corrected chi connectivity index (χ0v) is 9.69. The van der Waals surface area contributed by atoms with Crippen LogP contribution in [0.4, 0.5) is 0 Å². The van der Waals surface area contributed by atoms with E-state index in [-0.39, 0.29) is 5.75 Å². The van der Waals surface area contributed by atoms with Crippen molar-refractivity contribution >= 4 is 19.7 Å². The molecule has 0 saturated heterocycles. The third-order valence-electron chi connectivity index (χ3n) is 1.96. The van der Waals surface area contributed by atoms with Crippen LogP contribution in [0.3, 0.4) is 0 Å². The molecular formula is C9H8ClN3O2S. The molecule has 0 bridgehead atoms. The SMILES string of the molecule is O=S(=O)(Cl)Cc1ccc(-n2ccnn2)cc1. The van der Waals surface area contributed by atoms with E-state index in [9.17, 15) is 8.42 Å². The lowest BCUT2D eigenvalue weighted by Crippen LogP contribution is -1.97. The normalized spacial score (nSPS) is 11.6. The minimum absolute atomic E-state index is 0.174. The van der Waals surface area contributed by atoms with E-state index in [0.29, 0.717) is 5.56 Å². The van der Waals surface area contributed by atoms with E-state index in [0.717, 1.165) is 5.69 Å². The first-order valence-electron chi connectivity index (χ1n) is 4.42. The monoisotopic (exact) mass is 257 g/mol. The van der Waals surface area contributed by atoms with Crippen LogP contribution in [0.5, 0.6) is 0 Å². The van der Waals surface area contributed by atoms with Crippen LogP contribution in [-0.4, -0.2) is 23.4 Å². The first kappa shape index (κ1) is 11.1. The molecule has 0 fully saturated rings. The maximum atomic E-state index is 10.9. The van der Waals surface area contributed by atoms with E-state index < -0.39 is 9.05 Å².